The molecule has 9 heteroatoms. The van der Waals surface area contributed by atoms with Gasteiger partial charge >= 0.3 is 5.63 Å². The Bertz CT molecular complexity index is 1060. The van der Waals surface area contributed by atoms with E-state index < -0.39 is 11.5 Å². The van der Waals surface area contributed by atoms with Crippen LogP contribution in [0, 0.1) is 6.92 Å². The van der Waals surface area contributed by atoms with Crippen molar-refractivity contribution in [1.82, 2.24) is 20.2 Å². The summed E-state index contributed by atoms with van der Waals surface area (Å²) in [5.41, 5.74) is 2.00. The van der Waals surface area contributed by atoms with Gasteiger partial charge in [-0.1, -0.05) is 18.2 Å². The molecule has 3 heterocycles. The van der Waals surface area contributed by atoms with Crippen LogP contribution in [0.4, 0.5) is 0 Å². The normalized spacial score (nSPS) is 13.7. The van der Waals surface area contributed by atoms with E-state index in [0.717, 1.165) is 37.2 Å². The van der Waals surface area contributed by atoms with Crippen molar-refractivity contribution in [3.8, 4) is 5.69 Å². The van der Waals surface area contributed by atoms with E-state index in [9.17, 15) is 9.59 Å². The average molecular weight is 465 g/mol. The molecule has 1 saturated heterocycles. The van der Waals surface area contributed by atoms with Crippen molar-refractivity contribution in [2.75, 3.05) is 13.1 Å². The Morgan fingerprint density at radius 3 is 2.68 bits per heavy atom. The number of piperidine rings is 1. The molecule has 0 atom stereocenters. The molecule has 166 valence electrons. The summed E-state index contributed by atoms with van der Waals surface area (Å²) in [5, 5.41) is 6.16. The summed E-state index contributed by atoms with van der Waals surface area (Å²) in [6.07, 6.45) is 7.11. The van der Waals surface area contributed by atoms with Crippen LogP contribution in [0.1, 0.15) is 46.0 Å². The molecule has 1 aliphatic heterocycles. The summed E-state index contributed by atoms with van der Waals surface area (Å²) in [6, 6.07) is 9.57. The van der Waals surface area contributed by atoms with Crippen LogP contribution in [0.5, 0.6) is 0 Å². The molecule has 0 unspecified atom stereocenters. The lowest BCUT2D eigenvalue weighted by Crippen LogP contribution is -2.31. The van der Waals surface area contributed by atoms with E-state index in [0.29, 0.717) is 17.9 Å². The lowest BCUT2D eigenvalue weighted by molar-refractivity contribution is 0.0945. The summed E-state index contributed by atoms with van der Waals surface area (Å²) in [7, 11) is 0. The highest BCUT2D eigenvalue weighted by molar-refractivity contribution is 5.95. The summed E-state index contributed by atoms with van der Waals surface area (Å²) in [6.45, 7) is 3.90. The van der Waals surface area contributed by atoms with Crippen LogP contribution in [-0.4, -0.2) is 28.5 Å². The molecule has 7 nitrogen and oxygen atoms in total. The Morgan fingerprint density at radius 1 is 1.26 bits per heavy atom. The minimum Gasteiger partial charge on any atom is -0.427 e. The average Bonchev–Trinajstić information content (AvgIpc) is 3.27. The third-order valence-corrected chi connectivity index (χ3v) is 5.35. The monoisotopic (exact) mass is 464 g/mol. The number of hydrogen-bond donors (Lipinski definition) is 2. The maximum atomic E-state index is 12.7. The zero-order chi connectivity index (χ0) is 20.2. The SMILES string of the molecule is Cc1cc(C2CCNCC2)oc(=O)c1C(=O)NCc1ccccc1-n1ccnc1.Cl.Cl. The number of rotatable bonds is 5. The molecular formula is C22H26Cl2N4O3. The summed E-state index contributed by atoms with van der Waals surface area (Å²) in [5.74, 6) is 0.478. The van der Waals surface area contributed by atoms with E-state index in [4.69, 9.17) is 4.42 Å². The standard InChI is InChI=1S/C22H24N4O3.2ClH/c1-15-12-19(16-6-8-23-9-7-16)29-22(28)20(15)21(27)25-13-17-4-2-3-5-18(17)26-11-10-24-14-26;;/h2-5,10-12,14,16,23H,6-9,13H2,1H3,(H,25,27);2*1H. The molecule has 1 aromatic carbocycles. The van der Waals surface area contributed by atoms with Crippen molar-refractivity contribution in [1.29, 1.82) is 0 Å². The van der Waals surface area contributed by atoms with Gasteiger partial charge in [0.1, 0.15) is 11.3 Å². The minimum atomic E-state index is -0.570. The number of nitrogens with zero attached hydrogens (tertiary/aromatic N) is 2. The predicted molar refractivity (Wildman–Crippen MR) is 124 cm³/mol. The van der Waals surface area contributed by atoms with Crippen molar-refractivity contribution >= 4 is 30.7 Å². The topological polar surface area (TPSA) is 89.2 Å². The Balaban J connectivity index is 0.00000171. The maximum Gasteiger partial charge on any atom is 0.349 e. The van der Waals surface area contributed by atoms with E-state index >= 15 is 0 Å². The third kappa shape index (κ3) is 5.55. The summed E-state index contributed by atoms with van der Waals surface area (Å²) < 4.78 is 7.41. The van der Waals surface area contributed by atoms with E-state index in [2.05, 4.69) is 15.6 Å². The number of nitrogens with one attached hydrogen (secondary N) is 2. The Hall–Kier alpha value is -2.61. The van der Waals surface area contributed by atoms with Crippen molar-refractivity contribution in [3.63, 3.8) is 0 Å². The van der Waals surface area contributed by atoms with Gasteiger partial charge in [0, 0.05) is 24.9 Å². The van der Waals surface area contributed by atoms with Gasteiger partial charge in [-0.25, -0.2) is 9.78 Å². The quantitative estimate of drug-likeness (QED) is 0.603. The zero-order valence-corrected chi connectivity index (χ0v) is 18.8. The highest BCUT2D eigenvalue weighted by atomic mass is 35.5. The molecular weight excluding hydrogens is 439 g/mol. The molecule has 4 rings (SSSR count). The number of imidazole rings is 1. The molecule has 31 heavy (non-hydrogen) atoms. The molecule has 0 radical (unpaired) electrons. The van der Waals surface area contributed by atoms with Gasteiger partial charge in [0.05, 0.1) is 12.0 Å². The molecule has 1 fully saturated rings. The number of para-hydroxylation sites is 1. The molecule has 0 spiro atoms. The number of hydrogen-bond acceptors (Lipinski definition) is 5. The van der Waals surface area contributed by atoms with Crippen molar-refractivity contribution in [2.24, 2.45) is 0 Å². The lowest BCUT2D eigenvalue weighted by Gasteiger charge is -2.22. The Labute approximate surface area is 193 Å². The van der Waals surface area contributed by atoms with Gasteiger partial charge in [-0.15, -0.1) is 24.8 Å². The van der Waals surface area contributed by atoms with Gasteiger partial charge in [-0.05, 0) is 56.1 Å². The van der Waals surface area contributed by atoms with Crippen LogP contribution in [0.3, 0.4) is 0 Å². The Kier molecular flexibility index (Phi) is 8.86. The second kappa shape index (κ2) is 11.1. The number of benzene rings is 1. The first-order chi connectivity index (χ1) is 14.1. The first-order valence-electron chi connectivity index (χ1n) is 9.83. The highest BCUT2D eigenvalue weighted by Crippen LogP contribution is 2.25. The molecule has 0 bridgehead atoms. The Morgan fingerprint density at radius 2 is 2.00 bits per heavy atom. The number of carbonyl (C=O) groups is 1. The second-order valence-electron chi connectivity index (χ2n) is 7.30. The molecule has 2 N–H and O–H groups in total. The smallest absolute Gasteiger partial charge is 0.349 e. The largest absolute Gasteiger partial charge is 0.427 e. The number of amides is 1. The molecule has 0 saturated carbocycles. The van der Waals surface area contributed by atoms with Gasteiger partial charge in [0.2, 0.25) is 0 Å². The fraction of sp³-hybridized carbons (Fsp3) is 0.318. The predicted octanol–water partition coefficient (Wildman–Crippen LogP) is 3.37. The zero-order valence-electron chi connectivity index (χ0n) is 17.2. The van der Waals surface area contributed by atoms with Gasteiger partial charge in [0.15, 0.2) is 0 Å². The minimum absolute atomic E-state index is 0. The van der Waals surface area contributed by atoms with Crippen LogP contribution in [0.2, 0.25) is 0 Å². The maximum absolute atomic E-state index is 12.7. The van der Waals surface area contributed by atoms with Gasteiger partial charge in [-0.3, -0.25) is 4.79 Å². The number of halogens is 2. The van der Waals surface area contributed by atoms with Crippen LogP contribution in [-0.2, 0) is 6.54 Å². The second-order valence-corrected chi connectivity index (χ2v) is 7.30. The first-order valence-corrected chi connectivity index (χ1v) is 9.83. The molecule has 3 aromatic rings. The van der Waals surface area contributed by atoms with Crippen LogP contribution in [0.25, 0.3) is 5.69 Å². The van der Waals surface area contributed by atoms with E-state index in [-0.39, 0.29) is 36.3 Å². The lowest BCUT2D eigenvalue weighted by atomic mass is 9.94. The van der Waals surface area contributed by atoms with Crippen molar-refractivity contribution in [2.45, 2.75) is 32.2 Å². The van der Waals surface area contributed by atoms with Gasteiger partial charge < -0.3 is 19.6 Å². The van der Waals surface area contributed by atoms with Gasteiger partial charge in [-0.2, -0.15) is 0 Å². The molecule has 0 aliphatic carbocycles. The van der Waals surface area contributed by atoms with Crippen LogP contribution < -0.4 is 16.3 Å². The number of aromatic nitrogens is 2. The first kappa shape index (κ1) is 24.7. The number of aryl methyl sites for hydroxylation is 1. The molecule has 1 aliphatic rings. The van der Waals surface area contributed by atoms with Gasteiger partial charge in [0.25, 0.3) is 5.91 Å². The van der Waals surface area contributed by atoms with E-state index in [1.807, 2.05) is 41.1 Å². The highest BCUT2D eigenvalue weighted by Gasteiger charge is 2.22. The molecule has 1 amide bonds. The summed E-state index contributed by atoms with van der Waals surface area (Å²) in [4.78, 5) is 29.4. The fourth-order valence-corrected chi connectivity index (χ4v) is 3.79. The van der Waals surface area contributed by atoms with E-state index in [1.165, 1.54) is 0 Å². The third-order valence-electron chi connectivity index (χ3n) is 5.35. The summed E-state index contributed by atoms with van der Waals surface area (Å²) >= 11 is 0. The van der Waals surface area contributed by atoms with E-state index in [1.54, 1.807) is 19.4 Å². The van der Waals surface area contributed by atoms with Crippen LogP contribution in [0.15, 0.2) is 58.3 Å². The number of carbonyl (C=O) groups excluding carboxylic acids is 1. The van der Waals surface area contributed by atoms with Crippen molar-refractivity contribution in [3.05, 3.63) is 81.9 Å². The van der Waals surface area contributed by atoms with Crippen LogP contribution >= 0.6 is 24.8 Å². The fourth-order valence-electron chi connectivity index (χ4n) is 3.79. The van der Waals surface area contributed by atoms with Crippen molar-refractivity contribution < 1.29 is 9.21 Å². The molecule has 2 aromatic heterocycles.